The number of benzene rings is 2. The molecule has 0 spiro atoms. The maximum atomic E-state index is 12.4. The summed E-state index contributed by atoms with van der Waals surface area (Å²) < 4.78 is 9.92. The molecule has 0 unspecified atom stereocenters. The standard InChI is InChI=1S/C19H18ClNO5/c1-3-25-18(23)12-9-13(19(24)26-4-2)11-14(10-12)21-17(22)15-7-5-6-8-16(15)20/h5-11H,3-4H2,1-2H3,(H,21,22). The van der Waals surface area contributed by atoms with E-state index in [9.17, 15) is 14.4 Å². The van der Waals surface area contributed by atoms with Crippen LogP contribution in [0.25, 0.3) is 0 Å². The van der Waals surface area contributed by atoms with Crippen molar-refractivity contribution in [3.63, 3.8) is 0 Å². The third-order valence-corrected chi connectivity index (χ3v) is 3.66. The lowest BCUT2D eigenvalue weighted by Crippen LogP contribution is -2.15. The number of rotatable bonds is 6. The van der Waals surface area contributed by atoms with Crippen LogP contribution in [0.3, 0.4) is 0 Å². The van der Waals surface area contributed by atoms with E-state index in [0.717, 1.165) is 0 Å². The highest BCUT2D eigenvalue weighted by Crippen LogP contribution is 2.20. The second kappa shape index (κ2) is 9.01. The maximum absolute atomic E-state index is 12.4. The highest BCUT2D eigenvalue weighted by molar-refractivity contribution is 6.34. The Balaban J connectivity index is 2.37. The minimum Gasteiger partial charge on any atom is -0.462 e. The number of nitrogens with one attached hydrogen (secondary N) is 1. The van der Waals surface area contributed by atoms with Gasteiger partial charge in [0.1, 0.15) is 0 Å². The Kier molecular flexibility index (Phi) is 6.74. The molecule has 136 valence electrons. The van der Waals surface area contributed by atoms with E-state index in [1.54, 1.807) is 38.1 Å². The van der Waals surface area contributed by atoms with Gasteiger partial charge in [0, 0.05) is 5.69 Å². The molecule has 26 heavy (non-hydrogen) atoms. The molecule has 0 bridgehead atoms. The van der Waals surface area contributed by atoms with Crippen LogP contribution < -0.4 is 5.32 Å². The molecule has 0 heterocycles. The summed E-state index contributed by atoms with van der Waals surface area (Å²) in [7, 11) is 0. The van der Waals surface area contributed by atoms with Gasteiger partial charge in [0.2, 0.25) is 0 Å². The molecule has 0 saturated heterocycles. The fourth-order valence-corrected chi connectivity index (χ4v) is 2.43. The normalized spacial score (nSPS) is 10.1. The Morgan fingerprint density at radius 3 is 1.96 bits per heavy atom. The monoisotopic (exact) mass is 375 g/mol. The molecule has 0 aliphatic heterocycles. The first-order valence-electron chi connectivity index (χ1n) is 8.01. The van der Waals surface area contributed by atoms with Crippen molar-refractivity contribution in [2.45, 2.75) is 13.8 Å². The zero-order valence-corrected chi connectivity index (χ0v) is 15.1. The number of hydrogen-bond donors (Lipinski definition) is 1. The number of carbonyl (C=O) groups excluding carboxylic acids is 3. The molecular formula is C19H18ClNO5. The fraction of sp³-hybridized carbons (Fsp3) is 0.211. The predicted octanol–water partition coefficient (Wildman–Crippen LogP) is 3.95. The first-order valence-corrected chi connectivity index (χ1v) is 8.39. The van der Waals surface area contributed by atoms with E-state index in [1.165, 1.54) is 18.2 Å². The predicted molar refractivity (Wildman–Crippen MR) is 97.8 cm³/mol. The number of esters is 2. The molecule has 0 atom stereocenters. The summed E-state index contributed by atoms with van der Waals surface area (Å²) >= 11 is 6.02. The van der Waals surface area contributed by atoms with Gasteiger partial charge in [-0.2, -0.15) is 0 Å². The summed E-state index contributed by atoms with van der Waals surface area (Å²) in [5.74, 6) is -1.68. The van der Waals surface area contributed by atoms with Crippen molar-refractivity contribution in [2.75, 3.05) is 18.5 Å². The minimum atomic E-state index is -0.605. The van der Waals surface area contributed by atoms with Gasteiger partial charge >= 0.3 is 11.9 Å². The second-order valence-electron chi connectivity index (χ2n) is 5.17. The summed E-state index contributed by atoms with van der Waals surface area (Å²) in [6.45, 7) is 3.72. The van der Waals surface area contributed by atoms with Gasteiger partial charge in [0.25, 0.3) is 5.91 Å². The third kappa shape index (κ3) is 4.83. The van der Waals surface area contributed by atoms with Crippen molar-refractivity contribution < 1.29 is 23.9 Å². The highest BCUT2D eigenvalue weighted by Gasteiger charge is 2.17. The zero-order valence-electron chi connectivity index (χ0n) is 14.4. The largest absolute Gasteiger partial charge is 0.462 e. The minimum absolute atomic E-state index is 0.131. The van der Waals surface area contributed by atoms with Gasteiger partial charge in [-0.05, 0) is 44.2 Å². The van der Waals surface area contributed by atoms with Gasteiger partial charge in [-0.15, -0.1) is 0 Å². The summed E-state index contributed by atoms with van der Waals surface area (Å²) in [6.07, 6.45) is 0. The molecule has 6 nitrogen and oxygen atoms in total. The zero-order chi connectivity index (χ0) is 19.1. The molecule has 2 aromatic rings. The van der Waals surface area contributed by atoms with Crippen LogP contribution in [-0.2, 0) is 9.47 Å². The number of anilines is 1. The van der Waals surface area contributed by atoms with E-state index in [0.29, 0.717) is 0 Å². The number of ether oxygens (including phenoxy) is 2. The smallest absolute Gasteiger partial charge is 0.338 e. The molecule has 0 aromatic heterocycles. The van der Waals surface area contributed by atoms with Crippen LogP contribution in [0.4, 0.5) is 5.69 Å². The van der Waals surface area contributed by atoms with Crippen molar-refractivity contribution in [2.24, 2.45) is 0 Å². The number of carbonyl (C=O) groups is 3. The molecule has 2 aromatic carbocycles. The Bertz CT molecular complexity index is 798. The van der Waals surface area contributed by atoms with Gasteiger partial charge < -0.3 is 14.8 Å². The summed E-state index contributed by atoms with van der Waals surface area (Å²) in [6, 6.07) is 10.8. The van der Waals surface area contributed by atoms with E-state index in [2.05, 4.69) is 5.32 Å². The maximum Gasteiger partial charge on any atom is 0.338 e. The lowest BCUT2D eigenvalue weighted by Gasteiger charge is -2.11. The van der Waals surface area contributed by atoms with Crippen LogP contribution in [0.5, 0.6) is 0 Å². The Hall–Kier alpha value is -2.86. The van der Waals surface area contributed by atoms with Gasteiger partial charge in [0.05, 0.1) is 34.9 Å². The lowest BCUT2D eigenvalue weighted by molar-refractivity contribution is 0.0525. The average molecular weight is 376 g/mol. The molecule has 0 aliphatic rings. The van der Waals surface area contributed by atoms with Crippen LogP contribution in [0.2, 0.25) is 5.02 Å². The Labute approximate surface area is 156 Å². The molecule has 0 radical (unpaired) electrons. The van der Waals surface area contributed by atoms with Crippen molar-refractivity contribution in [3.05, 3.63) is 64.2 Å². The SMILES string of the molecule is CCOC(=O)c1cc(NC(=O)c2ccccc2Cl)cc(C(=O)OCC)c1. The molecule has 1 N–H and O–H groups in total. The van der Waals surface area contributed by atoms with Crippen molar-refractivity contribution in [3.8, 4) is 0 Å². The second-order valence-corrected chi connectivity index (χ2v) is 5.58. The van der Waals surface area contributed by atoms with Gasteiger partial charge in [-0.3, -0.25) is 4.79 Å². The first kappa shape index (κ1) is 19.5. The topological polar surface area (TPSA) is 81.7 Å². The molecule has 2 rings (SSSR count). The van der Waals surface area contributed by atoms with Gasteiger partial charge in [-0.25, -0.2) is 9.59 Å². The highest BCUT2D eigenvalue weighted by atomic mass is 35.5. The van der Waals surface area contributed by atoms with E-state index >= 15 is 0 Å². The van der Waals surface area contributed by atoms with Crippen LogP contribution >= 0.6 is 11.6 Å². The molecule has 1 amide bonds. The fourth-order valence-electron chi connectivity index (χ4n) is 2.21. The molecule has 0 aliphatic carbocycles. The van der Waals surface area contributed by atoms with Crippen molar-refractivity contribution in [1.29, 1.82) is 0 Å². The van der Waals surface area contributed by atoms with E-state index in [1.807, 2.05) is 0 Å². The first-order chi connectivity index (χ1) is 12.5. The van der Waals surface area contributed by atoms with Crippen molar-refractivity contribution in [1.82, 2.24) is 0 Å². The summed E-state index contributed by atoms with van der Waals surface area (Å²) in [5.41, 5.74) is 0.788. The third-order valence-electron chi connectivity index (χ3n) is 3.33. The van der Waals surface area contributed by atoms with E-state index < -0.39 is 17.8 Å². The average Bonchev–Trinajstić information content (AvgIpc) is 2.62. The lowest BCUT2D eigenvalue weighted by atomic mass is 10.1. The van der Waals surface area contributed by atoms with Gasteiger partial charge in [-0.1, -0.05) is 23.7 Å². The van der Waals surface area contributed by atoms with Crippen LogP contribution in [0, 0.1) is 0 Å². The number of hydrogen-bond acceptors (Lipinski definition) is 5. The van der Waals surface area contributed by atoms with Gasteiger partial charge in [0.15, 0.2) is 0 Å². The van der Waals surface area contributed by atoms with Crippen LogP contribution in [0.1, 0.15) is 44.9 Å². The number of amides is 1. The molecule has 0 fully saturated rings. The van der Waals surface area contributed by atoms with Crippen LogP contribution in [0.15, 0.2) is 42.5 Å². The van der Waals surface area contributed by atoms with E-state index in [4.69, 9.17) is 21.1 Å². The van der Waals surface area contributed by atoms with Crippen molar-refractivity contribution >= 4 is 35.1 Å². The number of halogens is 1. The summed E-state index contributed by atoms with van der Waals surface area (Å²) in [4.78, 5) is 36.5. The molecular weight excluding hydrogens is 358 g/mol. The Morgan fingerprint density at radius 2 is 1.46 bits per heavy atom. The van der Waals surface area contributed by atoms with E-state index in [-0.39, 0.29) is 40.6 Å². The molecule has 7 heteroatoms. The quantitative estimate of drug-likeness (QED) is 0.773. The summed E-state index contributed by atoms with van der Waals surface area (Å²) in [5, 5.41) is 2.92. The van der Waals surface area contributed by atoms with Crippen LogP contribution in [-0.4, -0.2) is 31.1 Å². The molecule has 0 saturated carbocycles. The Morgan fingerprint density at radius 1 is 0.923 bits per heavy atom.